The van der Waals surface area contributed by atoms with E-state index in [0.717, 1.165) is 5.56 Å². The predicted octanol–water partition coefficient (Wildman–Crippen LogP) is 2.24. The summed E-state index contributed by atoms with van der Waals surface area (Å²) in [7, 11) is 0. The van der Waals surface area contributed by atoms with Gasteiger partial charge in [-0.3, -0.25) is 4.79 Å². The first-order valence-electron chi connectivity index (χ1n) is 11.5. The molecule has 1 aliphatic heterocycles. The van der Waals surface area contributed by atoms with Crippen molar-refractivity contribution in [3.05, 3.63) is 47.5 Å². The first-order chi connectivity index (χ1) is 17.1. The molecule has 0 bridgehead atoms. The summed E-state index contributed by atoms with van der Waals surface area (Å²) in [6.45, 7) is 3.46. The number of aliphatic hydroxyl groups is 1. The van der Waals surface area contributed by atoms with Crippen molar-refractivity contribution in [3.63, 3.8) is 0 Å². The molecule has 10 nitrogen and oxygen atoms in total. The number of ether oxygens (including phenoxy) is 6. The topological polar surface area (TPSA) is 133 Å². The Kier molecular flexibility index (Phi) is 11.1. The average Bonchev–Trinajstić information content (AvgIpc) is 2.84. The Morgan fingerprint density at radius 1 is 0.800 bits per heavy atom. The molecule has 0 saturated carbocycles. The highest BCUT2D eigenvalue weighted by Crippen LogP contribution is 2.42. The highest BCUT2D eigenvalue weighted by Gasteiger charge is 2.31. The van der Waals surface area contributed by atoms with Crippen LogP contribution < -0.4 is 9.47 Å². The number of carbonyl (C=O) groups excluding carboxylic acids is 1. The van der Waals surface area contributed by atoms with Crippen LogP contribution in [0.4, 0.5) is 0 Å². The van der Waals surface area contributed by atoms with E-state index >= 15 is 0 Å². The molecule has 1 atom stereocenters. The average molecular weight is 493 g/mol. The van der Waals surface area contributed by atoms with Crippen LogP contribution in [0, 0.1) is 0 Å². The molecule has 0 saturated heterocycles. The molecule has 0 radical (unpaired) electrons. The summed E-state index contributed by atoms with van der Waals surface area (Å²) in [6.07, 6.45) is -0.425. The Hall–Kier alpha value is -2.89. The molecule has 1 heterocycles. The van der Waals surface area contributed by atoms with Gasteiger partial charge < -0.3 is 43.7 Å². The van der Waals surface area contributed by atoms with Crippen molar-refractivity contribution >= 4 is 5.78 Å². The fraction of sp³-hybridized carbons (Fsp3) is 0.480. The molecule has 192 valence electrons. The van der Waals surface area contributed by atoms with Crippen molar-refractivity contribution in [1.82, 2.24) is 0 Å². The molecular formula is C25H32O10. The van der Waals surface area contributed by atoms with Gasteiger partial charge in [-0.05, 0) is 17.7 Å². The number of rotatable bonds is 16. The van der Waals surface area contributed by atoms with E-state index < -0.39 is 6.10 Å². The lowest BCUT2D eigenvalue weighted by Gasteiger charge is -2.26. The fourth-order valence-corrected chi connectivity index (χ4v) is 3.42. The molecule has 1 unspecified atom stereocenters. The van der Waals surface area contributed by atoms with Gasteiger partial charge in [-0.25, -0.2) is 0 Å². The minimum Gasteiger partial charge on any atom is -0.508 e. The number of hydrogen-bond donors (Lipinski definition) is 3. The zero-order valence-electron chi connectivity index (χ0n) is 19.5. The third kappa shape index (κ3) is 8.68. The molecule has 2 aromatic carbocycles. The van der Waals surface area contributed by atoms with Gasteiger partial charge in [-0.1, -0.05) is 12.1 Å². The van der Waals surface area contributed by atoms with Crippen LogP contribution in [0.3, 0.4) is 0 Å². The van der Waals surface area contributed by atoms with E-state index in [9.17, 15) is 15.0 Å². The predicted molar refractivity (Wildman–Crippen MR) is 124 cm³/mol. The van der Waals surface area contributed by atoms with Gasteiger partial charge in [0.25, 0.3) is 0 Å². The van der Waals surface area contributed by atoms with E-state index in [1.54, 1.807) is 18.2 Å². The molecule has 3 N–H and O–H groups in total. The lowest BCUT2D eigenvalue weighted by Crippen LogP contribution is -2.20. The van der Waals surface area contributed by atoms with Crippen LogP contribution in [0.5, 0.6) is 23.0 Å². The standard InChI is InChI=1S/C25H32O10/c26-5-6-30-7-8-31-9-10-32-11-12-33-13-14-34-20-15-21(28)25-22(29)17-23(35-24(25)16-20)18-1-3-19(27)4-2-18/h1-4,15-16,23,26-28H,5-14,17H2. The summed E-state index contributed by atoms with van der Waals surface area (Å²) in [5.74, 6) is 0.329. The number of phenols is 2. The molecule has 0 spiro atoms. The van der Waals surface area contributed by atoms with E-state index in [0.29, 0.717) is 58.6 Å². The van der Waals surface area contributed by atoms with Crippen molar-refractivity contribution in [3.8, 4) is 23.0 Å². The number of hydrogen-bond acceptors (Lipinski definition) is 10. The third-order valence-corrected chi connectivity index (χ3v) is 5.09. The number of Topliss-reactive ketones (excluding diaryl/α,β-unsaturated/α-hetero) is 1. The van der Waals surface area contributed by atoms with Gasteiger partial charge >= 0.3 is 0 Å². The van der Waals surface area contributed by atoms with Crippen LogP contribution in [0.2, 0.25) is 0 Å². The molecule has 10 heteroatoms. The van der Waals surface area contributed by atoms with Crippen LogP contribution >= 0.6 is 0 Å². The quantitative estimate of drug-likeness (QED) is 0.300. The molecular weight excluding hydrogens is 460 g/mol. The van der Waals surface area contributed by atoms with Crippen LogP contribution in [-0.2, 0) is 18.9 Å². The molecule has 0 amide bonds. The summed E-state index contributed by atoms with van der Waals surface area (Å²) in [6, 6.07) is 9.43. The molecule has 35 heavy (non-hydrogen) atoms. The molecule has 1 aliphatic rings. The fourth-order valence-electron chi connectivity index (χ4n) is 3.42. The van der Waals surface area contributed by atoms with Crippen LogP contribution in [0.15, 0.2) is 36.4 Å². The van der Waals surface area contributed by atoms with Crippen molar-refractivity contribution in [2.75, 3.05) is 66.1 Å². The lowest BCUT2D eigenvalue weighted by atomic mass is 9.95. The largest absolute Gasteiger partial charge is 0.508 e. The van der Waals surface area contributed by atoms with E-state index in [1.807, 2.05) is 0 Å². The van der Waals surface area contributed by atoms with Gasteiger partial charge in [0.1, 0.15) is 41.3 Å². The van der Waals surface area contributed by atoms with E-state index in [1.165, 1.54) is 18.2 Å². The molecule has 0 aliphatic carbocycles. The van der Waals surface area contributed by atoms with E-state index in [4.69, 9.17) is 33.5 Å². The zero-order valence-corrected chi connectivity index (χ0v) is 19.5. The van der Waals surface area contributed by atoms with Crippen LogP contribution in [0.1, 0.15) is 28.4 Å². The highest BCUT2D eigenvalue weighted by molar-refractivity contribution is 6.02. The third-order valence-electron chi connectivity index (χ3n) is 5.09. The van der Waals surface area contributed by atoms with Crippen LogP contribution in [-0.4, -0.2) is 87.2 Å². The summed E-state index contributed by atoms with van der Waals surface area (Å²) >= 11 is 0. The molecule has 2 aromatic rings. The maximum atomic E-state index is 12.6. The Labute approximate surface area is 203 Å². The minimum atomic E-state index is -0.515. The summed E-state index contributed by atoms with van der Waals surface area (Å²) < 4.78 is 32.9. The van der Waals surface area contributed by atoms with Gasteiger partial charge in [-0.15, -0.1) is 0 Å². The van der Waals surface area contributed by atoms with E-state index in [-0.39, 0.29) is 48.2 Å². The number of ketones is 1. The monoisotopic (exact) mass is 492 g/mol. The molecule has 0 aromatic heterocycles. The van der Waals surface area contributed by atoms with Gasteiger partial charge in [0, 0.05) is 12.1 Å². The smallest absolute Gasteiger partial charge is 0.174 e. The number of aromatic hydroxyl groups is 2. The second-order valence-electron chi connectivity index (χ2n) is 7.66. The number of fused-ring (bicyclic) bond motifs is 1. The van der Waals surface area contributed by atoms with Gasteiger partial charge in [0.2, 0.25) is 0 Å². The molecule has 0 fully saturated rings. The maximum absolute atomic E-state index is 12.6. The van der Waals surface area contributed by atoms with Gasteiger partial charge in [0.05, 0.1) is 65.9 Å². The number of benzene rings is 2. The maximum Gasteiger partial charge on any atom is 0.174 e. The van der Waals surface area contributed by atoms with Gasteiger partial charge in [0.15, 0.2) is 5.78 Å². The second kappa shape index (κ2) is 14.5. The van der Waals surface area contributed by atoms with Crippen molar-refractivity contribution in [2.45, 2.75) is 12.5 Å². The lowest BCUT2D eigenvalue weighted by molar-refractivity contribution is -0.00780. The second-order valence-corrected chi connectivity index (χ2v) is 7.66. The van der Waals surface area contributed by atoms with Crippen molar-refractivity contribution in [1.29, 1.82) is 0 Å². The summed E-state index contributed by atoms with van der Waals surface area (Å²) in [4.78, 5) is 12.6. The Balaban J connectivity index is 1.34. The first-order valence-corrected chi connectivity index (χ1v) is 11.5. The summed E-state index contributed by atoms with van der Waals surface area (Å²) in [5, 5.41) is 28.4. The number of aliphatic hydroxyl groups excluding tert-OH is 1. The number of phenolic OH excluding ortho intramolecular Hbond substituents is 2. The Morgan fingerprint density at radius 3 is 1.97 bits per heavy atom. The normalized spacial score (nSPS) is 15.0. The first kappa shape index (κ1) is 26.7. The van der Waals surface area contributed by atoms with Crippen LogP contribution in [0.25, 0.3) is 0 Å². The summed E-state index contributed by atoms with van der Waals surface area (Å²) in [5.41, 5.74) is 0.893. The number of carbonyl (C=O) groups is 1. The van der Waals surface area contributed by atoms with Crippen molar-refractivity contribution < 1.29 is 48.5 Å². The SMILES string of the molecule is O=C1CC(c2ccc(O)cc2)Oc2cc(OCCOCCOCCOCCOCCO)cc(O)c21. The highest BCUT2D eigenvalue weighted by atomic mass is 16.6. The zero-order chi connectivity index (χ0) is 24.9. The van der Waals surface area contributed by atoms with E-state index in [2.05, 4.69) is 0 Å². The van der Waals surface area contributed by atoms with Crippen molar-refractivity contribution in [2.24, 2.45) is 0 Å². The molecule has 3 rings (SSSR count). The Morgan fingerprint density at radius 2 is 1.37 bits per heavy atom. The minimum absolute atomic E-state index is 0.00185. The van der Waals surface area contributed by atoms with Gasteiger partial charge in [-0.2, -0.15) is 0 Å². The Bertz CT molecular complexity index is 915.